The van der Waals surface area contributed by atoms with Crippen molar-refractivity contribution in [3.63, 3.8) is 0 Å². The van der Waals surface area contributed by atoms with Crippen LogP contribution in [-0.4, -0.2) is 39.9 Å². The summed E-state index contributed by atoms with van der Waals surface area (Å²) in [6, 6.07) is 0. The summed E-state index contributed by atoms with van der Waals surface area (Å²) < 4.78 is 25.8. The van der Waals surface area contributed by atoms with Crippen LogP contribution in [0, 0.1) is 0 Å². The van der Waals surface area contributed by atoms with E-state index in [1.807, 2.05) is 0 Å². The SMILES string of the molecule is NCC(F)(F)CNC(=O)c1csc(-c2cnccn2)n1. The fourth-order valence-corrected chi connectivity index (χ4v) is 2.04. The van der Waals surface area contributed by atoms with E-state index in [1.54, 1.807) is 0 Å². The van der Waals surface area contributed by atoms with Gasteiger partial charge < -0.3 is 11.1 Å². The summed E-state index contributed by atoms with van der Waals surface area (Å²) in [6.07, 6.45) is 4.51. The standard InChI is InChI=1S/C11H11F2N5OS/c12-11(13,5-14)6-17-9(19)8-4-20-10(18-8)7-3-15-1-2-16-7/h1-4H,5-6,14H2,(H,17,19). The molecule has 0 fully saturated rings. The first kappa shape index (κ1) is 14.4. The Balaban J connectivity index is 2.04. The molecule has 0 bridgehead atoms. The van der Waals surface area contributed by atoms with Crippen LogP contribution in [0.4, 0.5) is 8.78 Å². The van der Waals surface area contributed by atoms with Gasteiger partial charge in [-0.2, -0.15) is 0 Å². The quantitative estimate of drug-likeness (QED) is 0.856. The average molecular weight is 299 g/mol. The number of hydrogen-bond donors (Lipinski definition) is 2. The molecule has 0 saturated carbocycles. The molecule has 2 rings (SSSR count). The Morgan fingerprint density at radius 3 is 2.90 bits per heavy atom. The Labute approximate surface area is 117 Å². The van der Waals surface area contributed by atoms with E-state index in [1.165, 1.54) is 35.3 Å². The first-order valence-corrected chi connectivity index (χ1v) is 6.48. The van der Waals surface area contributed by atoms with Crippen molar-refractivity contribution in [2.75, 3.05) is 13.1 Å². The predicted molar refractivity (Wildman–Crippen MR) is 69.5 cm³/mol. The van der Waals surface area contributed by atoms with Crippen molar-refractivity contribution >= 4 is 17.2 Å². The van der Waals surface area contributed by atoms with Crippen LogP contribution in [0.2, 0.25) is 0 Å². The first-order chi connectivity index (χ1) is 9.52. The maximum Gasteiger partial charge on any atom is 0.277 e. The highest BCUT2D eigenvalue weighted by Gasteiger charge is 2.27. The molecule has 0 radical (unpaired) electrons. The summed E-state index contributed by atoms with van der Waals surface area (Å²) in [6.45, 7) is -1.64. The molecule has 0 aromatic carbocycles. The van der Waals surface area contributed by atoms with E-state index in [0.29, 0.717) is 10.7 Å². The smallest absolute Gasteiger partial charge is 0.277 e. The fourth-order valence-electron chi connectivity index (χ4n) is 1.28. The zero-order chi connectivity index (χ0) is 14.6. The fraction of sp³-hybridized carbons (Fsp3) is 0.273. The first-order valence-electron chi connectivity index (χ1n) is 5.60. The van der Waals surface area contributed by atoms with Crippen LogP contribution in [0.15, 0.2) is 24.0 Å². The van der Waals surface area contributed by atoms with Crippen LogP contribution in [0.5, 0.6) is 0 Å². The van der Waals surface area contributed by atoms with Gasteiger partial charge in [0.25, 0.3) is 11.8 Å². The van der Waals surface area contributed by atoms with Gasteiger partial charge in [0.15, 0.2) is 0 Å². The normalized spacial score (nSPS) is 11.3. The Bertz CT molecular complexity index is 590. The van der Waals surface area contributed by atoms with Gasteiger partial charge in [-0.05, 0) is 0 Å². The molecule has 2 aromatic rings. The lowest BCUT2D eigenvalue weighted by molar-refractivity contribution is 0.0118. The van der Waals surface area contributed by atoms with E-state index in [9.17, 15) is 13.6 Å². The number of amides is 1. The van der Waals surface area contributed by atoms with E-state index in [0.717, 1.165) is 0 Å². The molecule has 0 spiro atoms. The lowest BCUT2D eigenvalue weighted by Crippen LogP contribution is -2.41. The number of nitrogens with two attached hydrogens (primary N) is 1. The Morgan fingerprint density at radius 1 is 1.45 bits per heavy atom. The van der Waals surface area contributed by atoms with Crippen LogP contribution in [-0.2, 0) is 0 Å². The molecule has 0 aliphatic carbocycles. The largest absolute Gasteiger partial charge is 0.345 e. The summed E-state index contributed by atoms with van der Waals surface area (Å²) in [5.74, 6) is -3.80. The zero-order valence-electron chi connectivity index (χ0n) is 10.2. The molecule has 20 heavy (non-hydrogen) atoms. The minimum atomic E-state index is -3.13. The van der Waals surface area contributed by atoms with Crippen molar-refractivity contribution in [3.05, 3.63) is 29.7 Å². The van der Waals surface area contributed by atoms with E-state index in [4.69, 9.17) is 5.73 Å². The maximum atomic E-state index is 12.9. The second kappa shape index (κ2) is 5.97. The maximum absolute atomic E-state index is 12.9. The molecule has 0 saturated heterocycles. The zero-order valence-corrected chi connectivity index (χ0v) is 11.0. The van der Waals surface area contributed by atoms with Gasteiger partial charge in [0.2, 0.25) is 0 Å². The van der Waals surface area contributed by atoms with Crippen LogP contribution >= 0.6 is 11.3 Å². The highest BCUT2D eigenvalue weighted by molar-refractivity contribution is 7.13. The molecule has 1 amide bonds. The lowest BCUT2D eigenvalue weighted by atomic mass is 10.3. The third-order valence-corrected chi connectivity index (χ3v) is 3.19. The molecule has 0 atom stereocenters. The second-order valence-corrected chi connectivity index (χ2v) is 4.73. The summed E-state index contributed by atoms with van der Waals surface area (Å²) >= 11 is 1.18. The number of carbonyl (C=O) groups excluding carboxylic acids is 1. The van der Waals surface area contributed by atoms with Crippen LogP contribution in [0.25, 0.3) is 10.7 Å². The number of thiazole rings is 1. The molecule has 106 valence electrons. The number of alkyl halides is 2. The van der Waals surface area contributed by atoms with Crippen molar-refractivity contribution in [1.29, 1.82) is 0 Å². The van der Waals surface area contributed by atoms with Gasteiger partial charge in [0, 0.05) is 17.8 Å². The molecule has 3 N–H and O–H groups in total. The third-order valence-electron chi connectivity index (χ3n) is 2.33. The van der Waals surface area contributed by atoms with Gasteiger partial charge in [-0.3, -0.25) is 14.8 Å². The van der Waals surface area contributed by atoms with Crippen LogP contribution < -0.4 is 11.1 Å². The Kier molecular flexibility index (Phi) is 4.30. The van der Waals surface area contributed by atoms with Crippen molar-refractivity contribution < 1.29 is 13.6 Å². The summed E-state index contributed by atoms with van der Waals surface area (Å²) in [4.78, 5) is 23.6. The Morgan fingerprint density at radius 2 is 2.25 bits per heavy atom. The van der Waals surface area contributed by atoms with Crippen LogP contribution in [0.1, 0.15) is 10.5 Å². The van der Waals surface area contributed by atoms with Gasteiger partial charge in [-0.15, -0.1) is 11.3 Å². The highest BCUT2D eigenvalue weighted by atomic mass is 32.1. The lowest BCUT2D eigenvalue weighted by Gasteiger charge is -2.13. The molecule has 0 aliphatic rings. The number of carbonyl (C=O) groups is 1. The molecular formula is C11H11F2N5OS. The molecule has 9 heteroatoms. The van der Waals surface area contributed by atoms with Gasteiger partial charge in [0.05, 0.1) is 19.3 Å². The van der Waals surface area contributed by atoms with Gasteiger partial charge in [-0.1, -0.05) is 0 Å². The average Bonchev–Trinajstić information content (AvgIpc) is 2.96. The van der Waals surface area contributed by atoms with Crippen molar-refractivity contribution in [2.45, 2.75) is 5.92 Å². The molecule has 2 heterocycles. The topological polar surface area (TPSA) is 93.8 Å². The summed E-state index contributed by atoms with van der Waals surface area (Å²) in [5, 5.41) is 4.06. The van der Waals surface area contributed by atoms with E-state index in [2.05, 4.69) is 20.3 Å². The van der Waals surface area contributed by atoms with E-state index < -0.39 is 24.9 Å². The summed E-state index contributed by atoms with van der Waals surface area (Å²) in [5.41, 5.74) is 5.46. The molecule has 0 unspecified atom stereocenters. The number of nitrogens with zero attached hydrogens (tertiary/aromatic N) is 3. The summed E-state index contributed by atoms with van der Waals surface area (Å²) in [7, 11) is 0. The molecule has 0 aliphatic heterocycles. The van der Waals surface area contributed by atoms with Crippen molar-refractivity contribution in [2.24, 2.45) is 5.73 Å². The van der Waals surface area contributed by atoms with Crippen LogP contribution in [0.3, 0.4) is 0 Å². The van der Waals surface area contributed by atoms with E-state index in [-0.39, 0.29) is 5.69 Å². The third kappa shape index (κ3) is 3.52. The number of rotatable bonds is 5. The van der Waals surface area contributed by atoms with Crippen molar-refractivity contribution in [3.8, 4) is 10.7 Å². The minimum Gasteiger partial charge on any atom is -0.345 e. The second-order valence-electron chi connectivity index (χ2n) is 3.87. The number of nitrogens with one attached hydrogen (secondary N) is 1. The number of hydrogen-bond acceptors (Lipinski definition) is 6. The highest BCUT2D eigenvalue weighted by Crippen LogP contribution is 2.20. The molecule has 6 nitrogen and oxygen atoms in total. The Hall–Kier alpha value is -2.00. The van der Waals surface area contributed by atoms with Gasteiger partial charge in [-0.25, -0.2) is 13.8 Å². The van der Waals surface area contributed by atoms with E-state index >= 15 is 0 Å². The predicted octanol–water partition coefficient (Wildman–Crippen LogP) is 0.924. The number of aromatic nitrogens is 3. The van der Waals surface area contributed by atoms with Crippen molar-refractivity contribution in [1.82, 2.24) is 20.3 Å². The minimum absolute atomic E-state index is 0.0588. The molecule has 2 aromatic heterocycles. The van der Waals surface area contributed by atoms with Gasteiger partial charge >= 0.3 is 0 Å². The monoisotopic (exact) mass is 299 g/mol. The van der Waals surface area contributed by atoms with Gasteiger partial charge in [0.1, 0.15) is 16.4 Å². The molecular weight excluding hydrogens is 288 g/mol. The number of halogens is 2.